The van der Waals surface area contributed by atoms with E-state index in [0.717, 1.165) is 12.8 Å². The van der Waals surface area contributed by atoms with Gasteiger partial charge in [-0.05, 0) is 12.8 Å². The van der Waals surface area contributed by atoms with Crippen LogP contribution in [0.3, 0.4) is 0 Å². The minimum atomic E-state index is -2.22. The molecule has 1 N–H and O–H groups in total. The lowest BCUT2D eigenvalue weighted by Gasteiger charge is -2.22. The zero-order valence-corrected chi connectivity index (χ0v) is 7.95. The molecule has 0 heterocycles. The molecule has 1 rings (SSSR count). The van der Waals surface area contributed by atoms with Crippen LogP contribution in [0.15, 0.2) is 0 Å². The van der Waals surface area contributed by atoms with Crippen LogP contribution in [-0.4, -0.2) is 15.2 Å². The molecule has 0 unspecified atom stereocenters. The van der Waals surface area contributed by atoms with Crippen LogP contribution in [-0.2, 0) is 9.73 Å². The molecule has 1 aliphatic carbocycles. The summed E-state index contributed by atoms with van der Waals surface area (Å²) in [5.41, 5.74) is 0. The van der Waals surface area contributed by atoms with Gasteiger partial charge in [0.05, 0.1) is 0 Å². The second kappa shape index (κ2) is 3.57. The van der Waals surface area contributed by atoms with E-state index in [2.05, 4.69) is 0 Å². The first-order valence-corrected chi connectivity index (χ1v) is 6.21. The Hall–Kier alpha value is -0.0500. The van der Waals surface area contributed by atoms with Crippen molar-refractivity contribution in [2.75, 3.05) is 5.75 Å². The highest BCUT2D eigenvalue weighted by molar-refractivity contribution is 7.93. The highest BCUT2D eigenvalue weighted by Crippen LogP contribution is 2.24. The van der Waals surface area contributed by atoms with Gasteiger partial charge in [-0.25, -0.2) is 4.21 Å². The van der Waals surface area contributed by atoms with Gasteiger partial charge in [0.1, 0.15) is 0 Å². The van der Waals surface area contributed by atoms with Crippen LogP contribution >= 0.6 is 0 Å². The van der Waals surface area contributed by atoms with Gasteiger partial charge in [-0.1, -0.05) is 26.2 Å². The molecular weight excluding hydrogens is 158 g/mol. The van der Waals surface area contributed by atoms with E-state index in [0.29, 0.717) is 5.75 Å². The lowest BCUT2D eigenvalue weighted by atomic mass is 10.0. The van der Waals surface area contributed by atoms with Crippen LogP contribution < -0.4 is 0 Å². The molecule has 0 amide bonds. The maximum absolute atomic E-state index is 11.6. The van der Waals surface area contributed by atoms with Crippen LogP contribution in [0.4, 0.5) is 0 Å². The van der Waals surface area contributed by atoms with Crippen molar-refractivity contribution in [2.45, 2.75) is 44.3 Å². The average molecular weight is 175 g/mol. The van der Waals surface area contributed by atoms with E-state index in [4.69, 9.17) is 4.78 Å². The molecule has 3 heteroatoms. The monoisotopic (exact) mass is 175 g/mol. The second-order valence-electron chi connectivity index (χ2n) is 3.27. The fourth-order valence-corrected chi connectivity index (χ4v) is 3.25. The van der Waals surface area contributed by atoms with Gasteiger partial charge < -0.3 is 0 Å². The molecule has 0 aromatic heterocycles. The highest BCUT2D eigenvalue weighted by Gasteiger charge is 2.21. The van der Waals surface area contributed by atoms with E-state index < -0.39 is 9.73 Å². The Morgan fingerprint density at radius 1 is 1.36 bits per heavy atom. The zero-order chi connectivity index (χ0) is 8.32. The van der Waals surface area contributed by atoms with Crippen molar-refractivity contribution in [1.29, 1.82) is 4.78 Å². The summed E-state index contributed by atoms with van der Waals surface area (Å²) >= 11 is 0. The molecule has 0 aliphatic heterocycles. The fourth-order valence-electron chi connectivity index (χ4n) is 1.68. The van der Waals surface area contributed by atoms with Crippen LogP contribution in [0.5, 0.6) is 0 Å². The van der Waals surface area contributed by atoms with Gasteiger partial charge in [-0.2, -0.15) is 0 Å². The van der Waals surface area contributed by atoms with Gasteiger partial charge in [0.2, 0.25) is 0 Å². The molecule has 1 fully saturated rings. The Bertz CT molecular complexity index is 202. The molecular formula is C8H17NOS. The predicted molar refractivity (Wildman–Crippen MR) is 48.3 cm³/mol. The lowest BCUT2D eigenvalue weighted by molar-refractivity contribution is 0.501. The summed E-state index contributed by atoms with van der Waals surface area (Å²) in [5, 5.41) is 0.209. The van der Waals surface area contributed by atoms with Crippen LogP contribution in [0.25, 0.3) is 0 Å². The standard InChI is InChI=1S/C8H17NOS/c1-2-11(9,10)8-6-4-3-5-7-8/h8-9H,2-7H2,1H3/t11-/m0/s1. The molecule has 0 spiro atoms. The van der Waals surface area contributed by atoms with Crippen molar-refractivity contribution < 1.29 is 4.21 Å². The van der Waals surface area contributed by atoms with E-state index >= 15 is 0 Å². The molecule has 2 nitrogen and oxygen atoms in total. The van der Waals surface area contributed by atoms with Gasteiger partial charge in [0, 0.05) is 20.7 Å². The first kappa shape index (κ1) is 9.04. The number of rotatable bonds is 2. The van der Waals surface area contributed by atoms with Gasteiger partial charge in [0.15, 0.2) is 0 Å². The third-order valence-electron chi connectivity index (χ3n) is 2.52. The molecule has 0 aromatic rings. The first-order valence-electron chi connectivity index (χ1n) is 4.42. The van der Waals surface area contributed by atoms with Crippen molar-refractivity contribution in [3.05, 3.63) is 0 Å². The summed E-state index contributed by atoms with van der Waals surface area (Å²) in [6.45, 7) is 1.87. The third kappa shape index (κ3) is 2.19. The smallest absolute Gasteiger partial charge is 0.0467 e. The Morgan fingerprint density at radius 2 is 1.91 bits per heavy atom. The Balaban J connectivity index is 2.58. The maximum atomic E-state index is 11.6. The van der Waals surface area contributed by atoms with Crippen molar-refractivity contribution in [3.8, 4) is 0 Å². The molecule has 0 bridgehead atoms. The van der Waals surface area contributed by atoms with Crippen molar-refractivity contribution in [2.24, 2.45) is 0 Å². The van der Waals surface area contributed by atoms with E-state index in [1.807, 2.05) is 6.92 Å². The fraction of sp³-hybridized carbons (Fsp3) is 1.00. The zero-order valence-electron chi connectivity index (χ0n) is 7.14. The SMILES string of the molecule is CC[S@](=N)(=O)C1CCCCC1. The van der Waals surface area contributed by atoms with Crippen molar-refractivity contribution in [1.82, 2.24) is 0 Å². The molecule has 1 saturated carbocycles. The van der Waals surface area contributed by atoms with E-state index in [1.165, 1.54) is 19.3 Å². The summed E-state index contributed by atoms with van der Waals surface area (Å²) in [4.78, 5) is 0. The van der Waals surface area contributed by atoms with Gasteiger partial charge in [-0.3, -0.25) is 4.78 Å². The van der Waals surface area contributed by atoms with Gasteiger partial charge in [0.25, 0.3) is 0 Å². The summed E-state index contributed by atoms with van der Waals surface area (Å²) in [7, 11) is -2.22. The normalized spacial score (nSPS) is 26.3. The van der Waals surface area contributed by atoms with E-state index in [1.54, 1.807) is 0 Å². The van der Waals surface area contributed by atoms with Crippen molar-refractivity contribution in [3.63, 3.8) is 0 Å². The van der Waals surface area contributed by atoms with Gasteiger partial charge >= 0.3 is 0 Å². The quantitative estimate of drug-likeness (QED) is 0.688. The molecule has 0 radical (unpaired) electrons. The number of hydrogen-bond acceptors (Lipinski definition) is 2. The largest absolute Gasteiger partial charge is 0.253 e. The minimum Gasteiger partial charge on any atom is -0.253 e. The second-order valence-corrected chi connectivity index (χ2v) is 5.97. The minimum absolute atomic E-state index is 0.209. The third-order valence-corrected chi connectivity index (χ3v) is 4.93. The summed E-state index contributed by atoms with van der Waals surface area (Å²) in [5.74, 6) is 0.539. The van der Waals surface area contributed by atoms with E-state index in [9.17, 15) is 4.21 Å². The van der Waals surface area contributed by atoms with E-state index in [-0.39, 0.29) is 5.25 Å². The Kier molecular flexibility index (Phi) is 2.93. The Morgan fingerprint density at radius 3 is 2.36 bits per heavy atom. The average Bonchev–Trinajstić information content (AvgIpc) is 2.06. The molecule has 11 heavy (non-hydrogen) atoms. The number of hydrogen-bond donors (Lipinski definition) is 1. The Labute approximate surface area is 69.4 Å². The topological polar surface area (TPSA) is 40.9 Å². The van der Waals surface area contributed by atoms with Crippen LogP contribution in [0.2, 0.25) is 0 Å². The van der Waals surface area contributed by atoms with Crippen molar-refractivity contribution >= 4 is 9.73 Å². The lowest BCUT2D eigenvalue weighted by Crippen LogP contribution is -2.24. The maximum Gasteiger partial charge on any atom is 0.0467 e. The molecule has 1 atom stereocenters. The summed E-state index contributed by atoms with van der Waals surface area (Å²) < 4.78 is 19.2. The molecule has 0 aromatic carbocycles. The first-order chi connectivity index (χ1) is 5.17. The summed E-state index contributed by atoms with van der Waals surface area (Å²) in [6.07, 6.45) is 5.68. The number of nitrogens with one attached hydrogen (secondary N) is 1. The van der Waals surface area contributed by atoms with Crippen LogP contribution in [0, 0.1) is 4.78 Å². The molecule has 0 saturated heterocycles. The highest BCUT2D eigenvalue weighted by atomic mass is 32.2. The molecule has 1 aliphatic rings. The molecule has 66 valence electrons. The summed E-state index contributed by atoms with van der Waals surface area (Å²) in [6, 6.07) is 0. The predicted octanol–water partition coefficient (Wildman–Crippen LogP) is 2.39. The van der Waals surface area contributed by atoms with Gasteiger partial charge in [-0.15, -0.1) is 0 Å². The van der Waals surface area contributed by atoms with Crippen LogP contribution in [0.1, 0.15) is 39.0 Å².